The maximum Gasteiger partial charge on any atom is 0.223 e. The van der Waals surface area contributed by atoms with Gasteiger partial charge in [0.25, 0.3) is 0 Å². The van der Waals surface area contributed by atoms with Crippen LogP contribution < -0.4 is 0 Å². The van der Waals surface area contributed by atoms with Gasteiger partial charge in [0, 0.05) is 13.5 Å². The van der Waals surface area contributed by atoms with Crippen LogP contribution in [0, 0.1) is 11.3 Å². The van der Waals surface area contributed by atoms with E-state index in [2.05, 4.69) is 6.07 Å². The van der Waals surface area contributed by atoms with Crippen molar-refractivity contribution in [3.63, 3.8) is 0 Å². The number of benzene rings is 1. The fraction of sp³-hybridized carbons (Fsp3) is 0.429. The Labute approximate surface area is 103 Å². The number of rotatable bonds is 5. The van der Waals surface area contributed by atoms with Crippen molar-refractivity contribution in [2.75, 3.05) is 7.05 Å². The molecule has 0 aromatic heterocycles. The smallest absolute Gasteiger partial charge is 0.223 e. The highest BCUT2D eigenvalue weighted by Crippen LogP contribution is 2.19. The van der Waals surface area contributed by atoms with Crippen LogP contribution in [0.3, 0.4) is 0 Å². The maximum atomic E-state index is 11.9. The van der Waals surface area contributed by atoms with Gasteiger partial charge >= 0.3 is 0 Å². The van der Waals surface area contributed by atoms with Gasteiger partial charge in [0.15, 0.2) is 0 Å². The summed E-state index contributed by atoms with van der Waals surface area (Å²) in [6, 6.07) is 11.1. The third-order valence-electron chi connectivity index (χ3n) is 2.76. The third kappa shape index (κ3) is 3.60. The Morgan fingerprint density at radius 3 is 2.59 bits per heavy atom. The Bertz CT molecular complexity index is 394. The second-order valence-corrected chi connectivity index (χ2v) is 4.05. The van der Waals surface area contributed by atoms with E-state index in [0.29, 0.717) is 6.42 Å². The number of carbonyl (C=O) groups is 1. The standard InChI is InChI=1S/C14H18N2O/c1-3-4-10-14(17)16(2)13(11-15)12-8-6-5-7-9-12/h5-9,13H,3-4,10H2,1-2H3. The summed E-state index contributed by atoms with van der Waals surface area (Å²) in [4.78, 5) is 13.4. The van der Waals surface area contributed by atoms with Crippen molar-refractivity contribution in [1.29, 1.82) is 5.26 Å². The minimum Gasteiger partial charge on any atom is -0.326 e. The summed E-state index contributed by atoms with van der Waals surface area (Å²) in [5.41, 5.74) is 0.863. The zero-order valence-corrected chi connectivity index (χ0v) is 10.4. The summed E-state index contributed by atoms with van der Waals surface area (Å²) in [5, 5.41) is 9.18. The summed E-state index contributed by atoms with van der Waals surface area (Å²) in [6.07, 6.45) is 2.37. The van der Waals surface area contributed by atoms with Crippen molar-refractivity contribution < 1.29 is 4.79 Å². The van der Waals surface area contributed by atoms with Crippen LogP contribution in [-0.2, 0) is 4.79 Å². The van der Waals surface area contributed by atoms with E-state index in [9.17, 15) is 10.1 Å². The van der Waals surface area contributed by atoms with Crippen molar-refractivity contribution >= 4 is 5.91 Å². The first-order valence-electron chi connectivity index (χ1n) is 5.91. The normalized spacial score (nSPS) is 11.6. The molecule has 0 aliphatic carbocycles. The molecule has 0 aliphatic rings. The minimum absolute atomic E-state index is 0.0299. The zero-order valence-electron chi connectivity index (χ0n) is 10.4. The molecule has 1 rings (SSSR count). The van der Waals surface area contributed by atoms with Crippen LogP contribution in [0.2, 0.25) is 0 Å². The lowest BCUT2D eigenvalue weighted by molar-refractivity contribution is -0.131. The molecule has 17 heavy (non-hydrogen) atoms. The molecule has 0 saturated carbocycles. The molecule has 0 radical (unpaired) electrons. The number of nitriles is 1. The molecule has 0 heterocycles. The van der Waals surface area contributed by atoms with Crippen LogP contribution in [0.4, 0.5) is 0 Å². The zero-order chi connectivity index (χ0) is 12.7. The van der Waals surface area contributed by atoms with Gasteiger partial charge in [-0.15, -0.1) is 0 Å². The van der Waals surface area contributed by atoms with E-state index in [1.165, 1.54) is 4.90 Å². The molecule has 0 bridgehead atoms. The Morgan fingerprint density at radius 2 is 2.06 bits per heavy atom. The summed E-state index contributed by atoms with van der Waals surface area (Å²) >= 11 is 0. The largest absolute Gasteiger partial charge is 0.326 e. The fourth-order valence-corrected chi connectivity index (χ4v) is 1.67. The van der Waals surface area contributed by atoms with Crippen LogP contribution in [0.5, 0.6) is 0 Å². The van der Waals surface area contributed by atoms with Crippen molar-refractivity contribution in [2.24, 2.45) is 0 Å². The molecule has 1 amide bonds. The average molecular weight is 230 g/mol. The first-order valence-corrected chi connectivity index (χ1v) is 5.91. The monoisotopic (exact) mass is 230 g/mol. The molecule has 90 valence electrons. The van der Waals surface area contributed by atoms with Gasteiger partial charge in [-0.3, -0.25) is 4.79 Å². The SMILES string of the molecule is CCCCC(=O)N(C)C(C#N)c1ccccc1. The molecule has 1 aromatic carbocycles. The summed E-state index contributed by atoms with van der Waals surface area (Å²) < 4.78 is 0. The lowest BCUT2D eigenvalue weighted by atomic mass is 10.1. The molecule has 1 aromatic rings. The molecule has 0 spiro atoms. The molecule has 0 saturated heterocycles. The number of hydrogen-bond acceptors (Lipinski definition) is 2. The lowest BCUT2D eigenvalue weighted by Crippen LogP contribution is -2.30. The Balaban J connectivity index is 2.75. The fourth-order valence-electron chi connectivity index (χ4n) is 1.67. The van der Waals surface area contributed by atoms with Gasteiger partial charge in [-0.2, -0.15) is 5.26 Å². The van der Waals surface area contributed by atoms with Gasteiger partial charge < -0.3 is 4.90 Å². The first-order chi connectivity index (χ1) is 8.20. The van der Waals surface area contributed by atoms with Crippen LogP contribution in [0.1, 0.15) is 37.8 Å². The Hall–Kier alpha value is -1.82. The van der Waals surface area contributed by atoms with E-state index >= 15 is 0 Å². The topological polar surface area (TPSA) is 44.1 Å². The summed E-state index contributed by atoms with van der Waals surface area (Å²) in [5.74, 6) is 0.0299. The summed E-state index contributed by atoms with van der Waals surface area (Å²) in [7, 11) is 1.69. The quantitative estimate of drug-likeness (QED) is 0.780. The van der Waals surface area contributed by atoms with E-state index < -0.39 is 6.04 Å². The van der Waals surface area contributed by atoms with Gasteiger partial charge in [-0.1, -0.05) is 43.7 Å². The predicted octanol–water partition coefficient (Wildman–Crippen LogP) is 2.90. The maximum absolute atomic E-state index is 11.9. The van der Waals surface area contributed by atoms with E-state index in [-0.39, 0.29) is 5.91 Å². The highest BCUT2D eigenvalue weighted by Gasteiger charge is 2.20. The van der Waals surface area contributed by atoms with Crippen LogP contribution in [-0.4, -0.2) is 17.9 Å². The lowest BCUT2D eigenvalue weighted by Gasteiger charge is -2.23. The van der Waals surface area contributed by atoms with E-state index in [0.717, 1.165) is 18.4 Å². The van der Waals surface area contributed by atoms with Gasteiger partial charge in [-0.25, -0.2) is 0 Å². The van der Waals surface area contributed by atoms with Gasteiger partial charge in [0.1, 0.15) is 6.04 Å². The van der Waals surface area contributed by atoms with E-state index in [4.69, 9.17) is 0 Å². The van der Waals surface area contributed by atoms with Crippen LogP contribution in [0.25, 0.3) is 0 Å². The number of unbranched alkanes of at least 4 members (excludes halogenated alkanes) is 1. The minimum atomic E-state index is -0.486. The van der Waals surface area contributed by atoms with Crippen molar-refractivity contribution in [3.05, 3.63) is 35.9 Å². The van der Waals surface area contributed by atoms with Crippen LogP contribution in [0.15, 0.2) is 30.3 Å². The molecular formula is C14H18N2O. The molecule has 3 heteroatoms. The average Bonchev–Trinajstić information content (AvgIpc) is 2.38. The molecule has 0 N–H and O–H groups in total. The Morgan fingerprint density at radius 1 is 1.41 bits per heavy atom. The second-order valence-electron chi connectivity index (χ2n) is 4.05. The molecule has 0 fully saturated rings. The Kier molecular flexibility index (Phi) is 5.22. The van der Waals surface area contributed by atoms with E-state index in [1.807, 2.05) is 37.3 Å². The highest BCUT2D eigenvalue weighted by atomic mass is 16.2. The molecule has 0 aliphatic heterocycles. The summed E-state index contributed by atoms with van der Waals surface area (Å²) in [6.45, 7) is 2.05. The van der Waals surface area contributed by atoms with Crippen LogP contribution >= 0.6 is 0 Å². The number of hydrogen-bond donors (Lipinski definition) is 0. The second kappa shape index (κ2) is 6.70. The van der Waals surface area contributed by atoms with E-state index in [1.54, 1.807) is 7.05 Å². The van der Waals surface area contributed by atoms with Gasteiger partial charge in [-0.05, 0) is 12.0 Å². The van der Waals surface area contributed by atoms with Gasteiger partial charge in [0.05, 0.1) is 6.07 Å². The van der Waals surface area contributed by atoms with Crippen molar-refractivity contribution in [3.8, 4) is 6.07 Å². The first kappa shape index (κ1) is 13.2. The molecular weight excluding hydrogens is 212 g/mol. The number of amides is 1. The molecule has 3 nitrogen and oxygen atoms in total. The highest BCUT2D eigenvalue weighted by molar-refractivity contribution is 5.76. The number of carbonyl (C=O) groups excluding carboxylic acids is 1. The number of nitrogens with zero attached hydrogens (tertiary/aromatic N) is 2. The van der Waals surface area contributed by atoms with Crippen molar-refractivity contribution in [2.45, 2.75) is 32.2 Å². The van der Waals surface area contributed by atoms with Crippen molar-refractivity contribution in [1.82, 2.24) is 4.90 Å². The predicted molar refractivity (Wildman–Crippen MR) is 67.1 cm³/mol. The third-order valence-corrected chi connectivity index (χ3v) is 2.76. The molecule has 1 unspecified atom stereocenters. The molecule has 1 atom stereocenters. The van der Waals surface area contributed by atoms with Gasteiger partial charge in [0.2, 0.25) is 5.91 Å².